The number of nitrogens with two attached hydrogens (primary N) is 1. The lowest BCUT2D eigenvalue weighted by molar-refractivity contribution is -0.0318. The number of aromatic nitrogens is 2. The van der Waals surface area contributed by atoms with Crippen LogP contribution in [0.1, 0.15) is 32.2 Å². The Bertz CT molecular complexity index is 287. The Labute approximate surface area is 87.6 Å². The molecule has 6 heteroatoms. The quantitative estimate of drug-likeness (QED) is 0.577. The van der Waals surface area contributed by atoms with E-state index in [9.17, 15) is 0 Å². The Hall–Kier alpha value is -0.720. The largest absolute Gasteiger partial charge is 0.368 e. The van der Waals surface area contributed by atoms with Crippen molar-refractivity contribution in [1.29, 1.82) is 0 Å². The van der Waals surface area contributed by atoms with Crippen molar-refractivity contribution in [3.63, 3.8) is 0 Å². The van der Waals surface area contributed by atoms with E-state index < -0.39 is 0 Å². The summed E-state index contributed by atoms with van der Waals surface area (Å²) in [6, 6.07) is 0. The lowest BCUT2D eigenvalue weighted by Gasteiger charge is -2.22. The van der Waals surface area contributed by atoms with Crippen LogP contribution in [0.4, 0.5) is 5.13 Å². The number of nitrogens with one attached hydrogen (secondary N) is 1. The fourth-order valence-corrected chi connectivity index (χ4v) is 1.29. The maximum absolute atomic E-state index is 5.66. The average Bonchev–Trinajstić information content (AvgIpc) is 2.63. The van der Waals surface area contributed by atoms with Gasteiger partial charge in [-0.3, -0.25) is 5.43 Å². The molecule has 0 radical (unpaired) electrons. The number of anilines is 1. The van der Waals surface area contributed by atoms with Gasteiger partial charge < -0.3 is 4.74 Å². The van der Waals surface area contributed by atoms with Crippen LogP contribution in [0.2, 0.25) is 0 Å². The smallest absolute Gasteiger partial charge is 0.219 e. The van der Waals surface area contributed by atoms with Crippen LogP contribution in [-0.4, -0.2) is 15.8 Å². The predicted molar refractivity (Wildman–Crippen MR) is 56.9 cm³/mol. The number of hydrogen-bond acceptors (Lipinski definition) is 6. The molecule has 1 heterocycles. The van der Waals surface area contributed by atoms with Crippen molar-refractivity contribution >= 4 is 16.5 Å². The number of ether oxygens (including phenoxy) is 1. The SMILES string of the molecule is CCC(C)(C)OCc1nnc(NN)s1. The van der Waals surface area contributed by atoms with Gasteiger partial charge in [-0.05, 0) is 20.3 Å². The van der Waals surface area contributed by atoms with E-state index in [1.165, 1.54) is 11.3 Å². The minimum absolute atomic E-state index is 0.109. The van der Waals surface area contributed by atoms with E-state index in [2.05, 4.69) is 36.4 Å². The molecule has 3 N–H and O–H groups in total. The number of nitrogen functional groups attached to an aromatic ring is 1. The number of hydrogen-bond donors (Lipinski definition) is 2. The highest BCUT2D eigenvalue weighted by atomic mass is 32.1. The van der Waals surface area contributed by atoms with Crippen molar-refractivity contribution in [2.45, 2.75) is 39.4 Å². The molecule has 1 aromatic heterocycles. The molecule has 0 aliphatic heterocycles. The maximum Gasteiger partial charge on any atom is 0.219 e. The minimum Gasteiger partial charge on any atom is -0.368 e. The molecule has 0 bridgehead atoms. The van der Waals surface area contributed by atoms with Gasteiger partial charge in [0.05, 0.1) is 5.60 Å². The molecular formula is C8H16N4OS. The fraction of sp³-hybridized carbons (Fsp3) is 0.750. The first kappa shape index (κ1) is 11.4. The van der Waals surface area contributed by atoms with Crippen LogP contribution >= 0.6 is 11.3 Å². The zero-order valence-corrected chi connectivity index (χ0v) is 9.52. The van der Waals surface area contributed by atoms with Gasteiger partial charge in [-0.1, -0.05) is 18.3 Å². The zero-order valence-electron chi connectivity index (χ0n) is 8.70. The number of nitrogens with zero attached hydrogens (tertiary/aromatic N) is 2. The van der Waals surface area contributed by atoms with Crippen molar-refractivity contribution in [1.82, 2.24) is 10.2 Å². The van der Waals surface area contributed by atoms with Gasteiger partial charge in [-0.25, -0.2) is 5.84 Å². The highest BCUT2D eigenvalue weighted by molar-refractivity contribution is 7.15. The lowest BCUT2D eigenvalue weighted by atomic mass is 10.1. The van der Waals surface area contributed by atoms with Gasteiger partial charge >= 0.3 is 0 Å². The van der Waals surface area contributed by atoms with E-state index in [4.69, 9.17) is 10.6 Å². The molecule has 0 atom stereocenters. The van der Waals surface area contributed by atoms with Crippen molar-refractivity contribution in [3.8, 4) is 0 Å². The average molecular weight is 216 g/mol. The van der Waals surface area contributed by atoms with Crippen molar-refractivity contribution in [3.05, 3.63) is 5.01 Å². The van der Waals surface area contributed by atoms with Crippen LogP contribution in [-0.2, 0) is 11.3 Å². The Morgan fingerprint density at radius 3 is 2.71 bits per heavy atom. The van der Waals surface area contributed by atoms with Gasteiger partial charge in [0.25, 0.3) is 0 Å². The van der Waals surface area contributed by atoms with Gasteiger partial charge in [-0.15, -0.1) is 10.2 Å². The summed E-state index contributed by atoms with van der Waals surface area (Å²) < 4.78 is 5.66. The van der Waals surface area contributed by atoms with Crippen molar-refractivity contribution in [2.24, 2.45) is 5.84 Å². The van der Waals surface area contributed by atoms with Crippen LogP contribution in [0, 0.1) is 0 Å². The van der Waals surface area contributed by atoms with E-state index >= 15 is 0 Å². The maximum atomic E-state index is 5.66. The third kappa shape index (κ3) is 3.21. The molecule has 0 saturated carbocycles. The van der Waals surface area contributed by atoms with Crippen LogP contribution < -0.4 is 11.3 Å². The molecule has 0 unspecified atom stereocenters. The van der Waals surface area contributed by atoms with Gasteiger partial charge in [0.1, 0.15) is 11.6 Å². The molecule has 0 fully saturated rings. The van der Waals surface area contributed by atoms with Gasteiger partial charge in [-0.2, -0.15) is 0 Å². The lowest BCUT2D eigenvalue weighted by Crippen LogP contribution is -2.22. The first-order valence-corrected chi connectivity index (χ1v) is 5.32. The summed E-state index contributed by atoms with van der Waals surface area (Å²) >= 11 is 1.40. The van der Waals surface area contributed by atoms with Crippen LogP contribution in [0.25, 0.3) is 0 Å². The Balaban J connectivity index is 2.45. The van der Waals surface area contributed by atoms with E-state index in [-0.39, 0.29) is 5.60 Å². The highest BCUT2D eigenvalue weighted by Gasteiger charge is 2.16. The molecule has 80 valence electrons. The monoisotopic (exact) mass is 216 g/mol. The Morgan fingerprint density at radius 2 is 2.21 bits per heavy atom. The Morgan fingerprint density at radius 1 is 1.50 bits per heavy atom. The molecular weight excluding hydrogens is 200 g/mol. The van der Waals surface area contributed by atoms with Gasteiger partial charge in [0.15, 0.2) is 0 Å². The molecule has 0 aromatic carbocycles. The topological polar surface area (TPSA) is 73.1 Å². The summed E-state index contributed by atoms with van der Waals surface area (Å²) in [4.78, 5) is 0. The van der Waals surface area contributed by atoms with Crippen LogP contribution in [0.15, 0.2) is 0 Å². The molecule has 5 nitrogen and oxygen atoms in total. The van der Waals surface area contributed by atoms with E-state index in [0.717, 1.165) is 11.4 Å². The minimum atomic E-state index is -0.109. The summed E-state index contributed by atoms with van der Waals surface area (Å²) in [6.07, 6.45) is 0.966. The standard InChI is InChI=1S/C8H16N4OS/c1-4-8(2,3)13-5-6-11-12-7(10-9)14-6/h4-5,9H2,1-3H3,(H,10,12). The summed E-state index contributed by atoms with van der Waals surface area (Å²) in [7, 11) is 0. The molecule has 1 aromatic rings. The zero-order chi connectivity index (χ0) is 10.6. The van der Waals surface area contributed by atoms with Gasteiger partial charge in [0, 0.05) is 0 Å². The second-order valence-electron chi connectivity index (χ2n) is 3.55. The Kier molecular flexibility index (Phi) is 3.79. The predicted octanol–water partition coefficient (Wildman–Crippen LogP) is 1.53. The second kappa shape index (κ2) is 4.68. The van der Waals surface area contributed by atoms with E-state index in [1.54, 1.807) is 0 Å². The van der Waals surface area contributed by atoms with Crippen LogP contribution in [0.3, 0.4) is 0 Å². The van der Waals surface area contributed by atoms with Gasteiger partial charge in [0.2, 0.25) is 5.13 Å². The highest BCUT2D eigenvalue weighted by Crippen LogP contribution is 2.19. The molecule has 0 aliphatic carbocycles. The van der Waals surface area contributed by atoms with Crippen molar-refractivity contribution < 1.29 is 4.74 Å². The molecule has 0 spiro atoms. The van der Waals surface area contributed by atoms with E-state index in [0.29, 0.717) is 11.7 Å². The summed E-state index contributed by atoms with van der Waals surface area (Å²) in [6.45, 7) is 6.68. The third-order valence-corrected chi connectivity index (χ3v) is 2.86. The first-order chi connectivity index (χ1) is 6.57. The van der Waals surface area contributed by atoms with E-state index in [1.807, 2.05) is 0 Å². The van der Waals surface area contributed by atoms with Crippen LogP contribution in [0.5, 0.6) is 0 Å². The second-order valence-corrected chi connectivity index (χ2v) is 4.61. The first-order valence-electron chi connectivity index (χ1n) is 4.50. The molecule has 0 aliphatic rings. The number of rotatable bonds is 5. The number of hydrazine groups is 1. The summed E-state index contributed by atoms with van der Waals surface area (Å²) in [5.74, 6) is 5.19. The fourth-order valence-electron chi connectivity index (χ4n) is 0.729. The summed E-state index contributed by atoms with van der Waals surface area (Å²) in [5, 5.41) is 9.18. The molecule has 14 heavy (non-hydrogen) atoms. The molecule has 0 saturated heterocycles. The summed E-state index contributed by atoms with van der Waals surface area (Å²) in [5.41, 5.74) is 2.34. The normalized spacial score (nSPS) is 11.7. The molecule has 1 rings (SSSR count). The van der Waals surface area contributed by atoms with Crippen molar-refractivity contribution in [2.75, 3.05) is 5.43 Å². The third-order valence-electron chi connectivity index (χ3n) is 2.03. The molecule has 0 amide bonds.